The van der Waals surface area contributed by atoms with Crippen LogP contribution in [-0.2, 0) is 11.2 Å². The van der Waals surface area contributed by atoms with Gasteiger partial charge in [-0.25, -0.2) is 5.01 Å². The second-order valence-corrected chi connectivity index (χ2v) is 8.96. The van der Waals surface area contributed by atoms with Crippen LogP contribution < -0.4 is 23.7 Å². The lowest BCUT2D eigenvalue weighted by atomic mass is 9.82. The predicted octanol–water partition coefficient (Wildman–Crippen LogP) is 4.09. The van der Waals surface area contributed by atoms with E-state index in [0.717, 1.165) is 39.5 Å². The molecule has 184 valence electrons. The molecule has 3 aliphatic heterocycles. The standard InChI is InChI=1S/C27H30N2O6/c1-7-33-27-16(8-9-20-18(27)11-21(35-20)14(2)3)26-25-17-10-23(31-5)24(32-6)12-22(17)34-13-19(25)29(28-26)15(4)30/h8-10,12,19,21,25H,2,7,11,13H2,1,3-6H3/t19?,21-,25?/m1/s1. The molecule has 5 rings (SSSR count). The van der Waals surface area contributed by atoms with Gasteiger partial charge in [-0.15, -0.1) is 0 Å². The highest BCUT2D eigenvalue weighted by molar-refractivity contribution is 6.10. The first-order valence-electron chi connectivity index (χ1n) is 11.8. The largest absolute Gasteiger partial charge is 0.493 e. The van der Waals surface area contributed by atoms with Crippen LogP contribution in [-0.4, -0.2) is 56.2 Å². The van der Waals surface area contributed by atoms with Gasteiger partial charge in [-0.3, -0.25) is 4.79 Å². The van der Waals surface area contributed by atoms with Crippen molar-refractivity contribution in [1.29, 1.82) is 0 Å². The number of hydrazone groups is 1. The maximum Gasteiger partial charge on any atom is 0.239 e. The number of rotatable bonds is 6. The summed E-state index contributed by atoms with van der Waals surface area (Å²) in [6.45, 7) is 10.3. The van der Waals surface area contributed by atoms with Crippen molar-refractivity contribution in [2.75, 3.05) is 27.4 Å². The molecule has 1 amide bonds. The summed E-state index contributed by atoms with van der Waals surface area (Å²) in [5.74, 6) is 3.03. The van der Waals surface area contributed by atoms with E-state index in [2.05, 4.69) is 6.58 Å². The van der Waals surface area contributed by atoms with Crippen LogP contribution in [0, 0.1) is 0 Å². The molecule has 0 bridgehead atoms. The Labute approximate surface area is 205 Å². The Morgan fingerprint density at radius 2 is 1.91 bits per heavy atom. The third-order valence-corrected chi connectivity index (χ3v) is 6.78. The number of nitrogens with zero attached hydrogens (tertiary/aromatic N) is 2. The van der Waals surface area contributed by atoms with Gasteiger partial charge in [-0.2, -0.15) is 5.10 Å². The van der Waals surface area contributed by atoms with Crippen molar-refractivity contribution in [3.05, 3.63) is 53.1 Å². The molecule has 0 aromatic heterocycles. The van der Waals surface area contributed by atoms with E-state index in [4.69, 9.17) is 28.8 Å². The van der Waals surface area contributed by atoms with Crippen molar-refractivity contribution >= 4 is 11.6 Å². The number of hydrogen-bond donors (Lipinski definition) is 0. The van der Waals surface area contributed by atoms with Gasteiger partial charge in [0.25, 0.3) is 0 Å². The van der Waals surface area contributed by atoms with Gasteiger partial charge in [-0.05, 0) is 37.6 Å². The van der Waals surface area contributed by atoms with Crippen LogP contribution in [0.15, 0.2) is 41.5 Å². The molecule has 0 saturated carbocycles. The molecule has 0 fully saturated rings. The summed E-state index contributed by atoms with van der Waals surface area (Å²) in [5, 5.41) is 6.36. The maximum absolute atomic E-state index is 12.6. The van der Waals surface area contributed by atoms with E-state index in [0.29, 0.717) is 36.9 Å². The van der Waals surface area contributed by atoms with Crippen molar-refractivity contribution < 1.29 is 28.5 Å². The summed E-state index contributed by atoms with van der Waals surface area (Å²) >= 11 is 0. The second-order valence-electron chi connectivity index (χ2n) is 8.96. The van der Waals surface area contributed by atoms with Crippen LogP contribution in [0.4, 0.5) is 0 Å². The third-order valence-electron chi connectivity index (χ3n) is 6.78. The quantitative estimate of drug-likeness (QED) is 0.582. The molecular formula is C27H30N2O6. The van der Waals surface area contributed by atoms with E-state index in [1.807, 2.05) is 38.1 Å². The van der Waals surface area contributed by atoms with Crippen LogP contribution in [0.2, 0.25) is 0 Å². The normalized spacial score (nSPS) is 21.7. The lowest BCUT2D eigenvalue weighted by molar-refractivity contribution is -0.131. The topological polar surface area (TPSA) is 78.8 Å². The van der Waals surface area contributed by atoms with E-state index in [1.54, 1.807) is 14.2 Å². The van der Waals surface area contributed by atoms with E-state index < -0.39 is 0 Å². The van der Waals surface area contributed by atoms with Crippen molar-refractivity contribution in [3.63, 3.8) is 0 Å². The Morgan fingerprint density at radius 1 is 1.17 bits per heavy atom. The zero-order valence-electron chi connectivity index (χ0n) is 20.7. The predicted molar refractivity (Wildman–Crippen MR) is 131 cm³/mol. The first-order valence-corrected chi connectivity index (χ1v) is 11.8. The van der Waals surface area contributed by atoms with Gasteiger partial charge < -0.3 is 23.7 Å². The number of methoxy groups -OCH3 is 2. The molecule has 2 aromatic carbocycles. The number of amides is 1. The summed E-state index contributed by atoms with van der Waals surface area (Å²) < 4.78 is 29.4. The number of carbonyl (C=O) groups is 1. The molecule has 0 saturated heterocycles. The molecule has 8 heteroatoms. The van der Waals surface area contributed by atoms with Crippen LogP contribution in [0.5, 0.6) is 28.7 Å². The summed E-state index contributed by atoms with van der Waals surface area (Å²) in [7, 11) is 3.19. The summed E-state index contributed by atoms with van der Waals surface area (Å²) in [5.41, 5.74) is 4.45. The molecular weight excluding hydrogens is 448 g/mol. The lowest BCUT2D eigenvalue weighted by Crippen LogP contribution is -2.42. The Hall–Kier alpha value is -3.68. The number of fused-ring (bicyclic) bond motifs is 4. The van der Waals surface area contributed by atoms with Gasteiger partial charge in [0.1, 0.15) is 36.0 Å². The third kappa shape index (κ3) is 3.68. The molecule has 2 aromatic rings. The molecule has 35 heavy (non-hydrogen) atoms. The maximum atomic E-state index is 12.6. The Kier molecular flexibility index (Phi) is 5.83. The number of ether oxygens (including phenoxy) is 5. The molecule has 0 radical (unpaired) electrons. The Morgan fingerprint density at radius 3 is 2.57 bits per heavy atom. The highest BCUT2D eigenvalue weighted by Crippen LogP contribution is 2.49. The van der Waals surface area contributed by atoms with Gasteiger partial charge in [0.2, 0.25) is 5.91 Å². The van der Waals surface area contributed by atoms with Crippen LogP contribution >= 0.6 is 0 Å². The van der Waals surface area contributed by atoms with Gasteiger partial charge in [0.15, 0.2) is 11.5 Å². The minimum absolute atomic E-state index is 0.0908. The monoisotopic (exact) mass is 478 g/mol. The van der Waals surface area contributed by atoms with Crippen LogP contribution in [0.1, 0.15) is 43.4 Å². The molecule has 3 aliphatic rings. The minimum Gasteiger partial charge on any atom is -0.493 e. The SMILES string of the molecule is C=C(C)[C@H]1Cc2c(ccc(C3=NN(C(C)=O)C4COc5cc(OC)c(OC)cc5C34)c2OCC)O1. The van der Waals surface area contributed by atoms with Crippen molar-refractivity contribution in [2.24, 2.45) is 5.10 Å². The molecule has 3 atom stereocenters. The molecule has 2 unspecified atom stereocenters. The molecule has 0 aliphatic carbocycles. The average molecular weight is 479 g/mol. The minimum atomic E-state index is -0.282. The fourth-order valence-electron chi connectivity index (χ4n) is 5.12. The van der Waals surface area contributed by atoms with Crippen molar-refractivity contribution in [3.8, 4) is 28.7 Å². The van der Waals surface area contributed by atoms with Crippen LogP contribution in [0.3, 0.4) is 0 Å². The van der Waals surface area contributed by atoms with E-state index in [1.165, 1.54) is 11.9 Å². The van der Waals surface area contributed by atoms with Gasteiger partial charge in [0.05, 0.1) is 32.5 Å². The zero-order valence-corrected chi connectivity index (χ0v) is 20.7. The highest BCUT2D eigenvalue weighted by atomic mass is 16.5. The van der Waals surface area contributed by atoms with Crippen LogP contribution in [0.25, 0.3) is 0 Å². The van der Waals surface area contributed by atoms with Gasteiger partial charge >= 0.3 is 0 Å². The summed E-state index contributed by atoms with van der Waals surface area (Å²) in [6.07, 6.45) is 0.586. The number of carbonyl (C=O) groups excluding carboxylic acids is 1. The number of hydrogen-bond acceptors (Lipinski definition) is 7. The lowest BCUT2D eigenvalue weighted by Gasteiger charge is -2.32. The van der Waals surface area contributed by atoms with Crippen molar-refractivity contribution in [1.82, 2.24) is 5.01 Å². The van der Waals surface area contributed by atoms with E-state index >= 15 is 0 Å². The Bertz CT molecular complexity index is 1240. The average Bonchev–Trinajstić information content (AvgIpc) is 3.46. The van der Waals surface area contributed by atoms with Crippen molar-refractivity contribution in [2.45, 2.75) is 45.3 Å². The summed E-state index contributed by atoms with van der Waals surface area (Å²) in [6, 6.07) is 7.39. The zero-order chi connectivity index (χ0) is 24.9. The Balaban J connectivity index is 1.67. The second kappa shape index (κ2) is 8.83. The molecule has 0 spiro atoms. The number of benzene rings is 2. The summed E-state index contributed by atoms with van der Waals surface area (Å²) in [4.78, 5) is 12.6. The smallest absolute Gasteiger partial charge is 0.239 e. The van der Waals surface area contributed by atoms with Gasteiger partial charge in [-0.1, -0.05) is 6.58 Å². The first-order chi connectivity index (χ1) is 16.9. The fraction of sp³-hybridized carbons (Fsp3) is 0.407. The molecule has 3 heterocycles. The molecule has 0 N–H and O–H groups in total. The highest BCUT2D eigenvalue weighted by Gasteiger charge is 2.47. The fourth-order valence-corrected chi connectivity index (χ4v) is 5.12. The first kappa shape index (κ1) is 23.1. The van der Waals surface area contributed by atoms with E-state index in [9.17, 15) is 4.79 Å². The van der Waals surface area contributed by atoms with Gasteiger partial charge in [0, 0.05) is 36.1 Å². The molecule has 8 nitrogen and oxygen atoms in total. The van der Waals surface area contributed by atoms with E-state index in [-0.39, 0.29) is 24.0 Å².